The summed E-state index contributed by atoms with van der Waals surface area (Å²) in [5, 5.41) is 32.0. The number of sulfone groups is 1. The molecule has 0 bridgehead atoms. The lowest BCUT2D eigenvalue weighted by Crippen LogP contribution is -2.50. The highest BCUT2D eigenvalue weighted by Crippen LogP contribution is 2.44. The zero-order valence-corrected chi connectivity index (χ0v) is 46.4. The molecule has 4 aromatic heterocycles. The SMILES string of the molecule is CC1CC(c2cnc3c(C(F)(F)F)nn(C(C)c4ccc(Cl)cc4Cl)c3n2)=CCC1N1CC(CC(c2ccc(Cl)cc2Cl)n2nc(C#N)c3ncc(C4=CCC(N5CCCC5C(O)CS(C)(=O)=O)C(C)C4)nc32)CC1C. The Morgan fingerprint density at radius 2 is 1.41 bits per heavy atom. The Labute approximate surface area is 459 Å². The molecule has 2 saturated heterocycles. The number of rotatable bonds is 13. The van der Waals surface area contributed by atoms with Gasteiger partial charge in [0.1, 0.15) is 26.9 Å². The quantitative estimate of drug-likeness (QED) is 0.116. The van der Waals surface area contributed by atoms with E-state index in [2.05, 4.69) is 58.9 Å². The van der Waals surface area contributed by atoms with Gasteiger partial charge in [0.2, 0.25) is 0 Å². The van der Waals surface area contributed by atoms with Crippen LogP contribution < -0.4 is 0 Å². The lowest BCUT2D eigenvalue weighted by atomic mass is 9.83. The molecule has 4 aliphatic rings. The van der Waals surface area contributed by atoms with Crippen LogP contribution in [0, 0.1) is 29.1 Å². The molecule has 10 unspecified atom stereocenters. The first-order chi connectivity index (χ1) is 36.1. The fourth-order valence-corrected chi connectivity index (χ4v) is 14.6. The first-order valence-electron chi connectivity index (χ1n) is 25.7. The molecule has 0 spiro atoms. The normalized spacial score (nSPS) is 25.2. The molecule has 14 nitrogen and oxygen atoms in total. The molecule has 0 saturated carbocycles. The number of likely N-dealkylation sites (tertiary alicyclic amines) is 2. The molecule has 10 atom stereocenters. The van der Waals surface area contributed by atoms with Gasteiger partial charge in [0, 0.05) is 57.1 Å². The summed E-state index contributed by atoms with van der Waals surface area (Å²) < 4.78 is 70.4. The second-order valence-corrected chi connectivity index (χ2v) is 25.4. The van der Waals surface area contributed by atoms with E-state index >= 15 is 0 Å². The number of nitrogens with zero attached hydrogens (tertiary/aromatic N) is 11. The van der Waals surface area contributed by atoms with Gasteiger partial charge in [0.25, 0.3) is 0 Å². The minimum Gasteiger partial charge on any atom is -0.390 e. The predicted molar refractivity (Wildman–Crippen MR) is 290 cm³/mol. The standard InChI is InChI=1S/C54H58Cl4F3N11O3S/c1-28-17-33(8-14-44(28)69-16-6-7-46(69)48(73)27-76(5,74)75)42-24-63-49-41(23-62)67-72(52(49)65-42)47(38-13-11-36(56)22-40(38)58)20-32-19-30(3)70(26-32)45-15-9-34(18-29(45)2)43-25-64-50-51(54(59,60)61)68-71(53(50)66-43)31(4)37-12-10-35(55)21-39(37)57/h8-13,21-22,24-25,28-32,44-48,73H,6-7,14-20,26-27H2,1-5H3. The van der Waals surface area contributed by atoms with E-state index in [0.717, 1.165) is 55.3 Å². The number of fused-ring (bicyclic) bond motifs is 2. The summed E-state index contributed by atoms with van der Waals surface area (Å²) >= 11 is 26.2. The Balaban J connectivity index is 0.905. The number of allylic oxidation sites excluding steroid dienone is 2. The van der Waals surface area contributed by atoms with Crippen LogP contribution in [-0.4, -0.2) is 118 Å². The van der Waals surface area contributed by atoms with Crippen LogP contribution in [0.15, 0.2) is 60.9 Å². The maximum Gasteiger partial charge on any atom is 0.437 e. The second kappa shape index (κ2) is 21.5. The number of nitriles is 1. The van der Waals surface area contributed by atoms with Crippen molar-refractivity contribution >= 4 is 89.7 Å². The molecule has 6 heterocycles. The van der Waals surface area contributed by atoms with E-state index in [1.807, 2.05) is 10.7 Å². The average Bonchev–Trinajstić information content (AvgIpc) is 4.24. The number of hydrogen-bond acceptors (Lipinski definition) is 12. The van der Waals surface area contributed by atoms with Crippen molar-refractivity contribution in [2.75, 3.05) is 25.1 Å². The highest BCUT2D eigenvalue weighted by Gasteiger charge is 2.43. The van der Waals surface area contributed by atoms with Crippen molar-refractivity contribution in [1.82, 2.24) is 49.3 Å². The van der Waals surface area contributed by atoms with Crippen LogP contribution >= 0.6 is 46.4 Å². The number of aliphatic hydroxyl groups is 1. The number of hydrogen-bond donors (Lipinski definition) is 1. The largest absolute Gasteiger partial charge is 0.437 e. The number of alkyl halides is 3. The molecule has 6 aromatic rings. The van der Waals surface area contributed by atoms with Gasteiger partial charge in [-0.15, -0.1) is 0 Å². The van der Waals surface area contributed by atoms with Gasteiger partial charge < -0.3 is 5.11 Å². The van der Waals surface area contributed by atoms with E-state index < -0.39 is 39.9 Å². The summed E-state index contributed by atoms with van der Waals surface area (Å²) in [5.74, 6) is 0.229. The smallest absolute Gasteiger partial charge is 0.390 e. The molecule has 2 aromatic carbocycles. The van der Waals surface area contributed by atoms with Gasteiger partial charge in [-0.25, -0.2) is 37.7 Å². The van der Waals surface area contributed by atoms with Gasteiger partial charge in [0.05, 0.1) is 47.7 Å². The molecule has 2 aliphatic heterocycles. The summed E-state index contributed by atoms with van der Waals surface area (Å²) in [6.07, 6.45) is 8.69. The summed E-state index contributed by atoms with van der Waals surface area (Å²) in [6, 6.07) is 11.6. The molecular formula is C54H58Cl4F3N11O3S. The van der Waals surface area contributed by atoms with Crippen molar-refractivity contribution < 1.29 is 26.7 Å². The Kier molecular flexibility index (Phi) is 15.5. The summed E-state index contributed by atoms with van der Waals surface area (Å²) in [7, 11) is -3.35. The van der Waals surface area contributed by atoms with Crippen LogP contribution in [0.5, 0.6) is 0 Å². The van der Waals surface area contributed by atoms with E-state index in [9.17, 15) is 32.0 Å². The van der Waals surface area contributed by atoms with E-state index in [0.29, 0.717) is 80.3 Å². The zero-order valence-electron chi connectivity index (χ0n) is 42.6. The van der Waals surface area contributed by atoms with E-state index in [1.54, 1.807) is 43.5 Å². The van der Waals surface area contributed by atoms with Gasteiger partial charge in [-0.05, 0) is 136 Å². The molecular weight excluding hydrogens is 1080 g/mol. The Morgan fingerprint density at radius 1 is 0.829 bits per heavy atom. The second-order valence-electron chi connectivity index (χ2n) is 21.5. The maximum atomic E-state index is 14.4. The third-order valence-electron chi connectivity index (χ3n) is 16.2. The van der Waals surface area contributed by atoms with Gasteiger partial charge in [-0.2, -0.15) is 28.6 Å². The van der Waals surface area contributed by atoms with Gasteiger partial charge in [0.15, 0.2) is 22.7 Å². The van der Waals surface area contributed by atoms with Crippen LogP contribution in [-0.2, 0) is 16.0 Å². The molecule has 2 aliphatic carbocycles. The number of halogens is 7. The van der Waals surface area contributed by atoms with Crippen molar-refractivity contribution in [2.24, 2.45) is 17.8 Å². The molecule has 76 heavy (non-hydrogen) atoms. The molecule has 2 fully saturated rings. The average molecular weight is 1140 g/mol. The van der Waals surface area contributed by atoms with Gasteiger partial charge in [-0.3, -0.25) is 9.80 Å². The lowest BCUT2D eigenvalue weighted by molar-refractivity contribution is -0.140. The van der Waals surface area contributed by atoms with E-state index in [4.69, 9.17) is 66.5 Å². The summed E-state index contributed by atoms with van der Waals surface area (Å²) in [5.41, 5.74) is 3.97. The van der Waals surface area contributed by atoms with Crippen molar-refractivity contribution in [3.8, 4) is 6.07 Å². The summed E-state index contributed by atoms with van der Waals surface area (Å²) in [4.78, 5) is 24.0. The minimum absolute atomic E-state index is 0.00752. The molecule has 0 amide bonds. The molecule has 1 N–H and O–H groups in total. The Bertz CT molecular complexity index is 3440. The van der Waals surface area contributed by atoms with Crippen LogP contribution in [0.4, 0.5) is 13.2 Å². The Morgan fingerprint density at radius 3 is 1.97 bits per heavy atom. The van der Waals surface area contributed by atoms with E-state index in [1.165, 1.54) is 10.9 Å². The first-order valence-corrected chi connectivity index (χ1v) is 29.3. The number of benzene rings is 2. The third kappa shape index (κ3) is 10.9. The fraction of sp³-hybridized carbons (Fsp3) is 0.500. The predicted octanol–water partition coefficient (Wildman–Crippen LogP) is 11.7. The first kappa shape index (κ1) is 54.6. The van der Waals surface area contributed by atoms with Crippen LogP contribution in [0.1, 0.15) is 125 Å². The number of aliphatic hydroxyl groups excluding tert-OH is 1. The highest BCUT2D eigenvalue weighted by molar-refractivity contribution is 7.90. The molecule has 0 radical (unpaired) electrons. The summed E-state index contributed by atoms with van der Waals surface area (Å²) in [6.45, 7) is 9.89. The van der Waals surface area contributed by atoms with Crippen molar-refractivity contribution in [2.45, 2.75) is 128 Å². The van der Waals surface area contributed by atoms with E-state index in [-0.39, 0.29) is 64.5 Å². The molecule has 22 heteroatoms. The van der Waals surface area contributed by atoms with Gasteiger partial charge in [-0.1, -0.05) is 84.5 Å². The van der Waals surface area contributed by atoms with Crippen LogP contribution in [0.3, 0.4) is 0 Å². The Hall–Kier alpha value is -4.71. The zero-order chi connectivity index (χ0) is 54.1. The van der Waals surface area contributed by atoms with Crippen molar-refractivity contribution in [3.05, 3.63) is 115 Å². The number of aromatic nitrogens is 8. The van der Waals surface area contributed by atoms with Gasteiger partial charge >= 0.3 is 6.18 Å². The molecule has 402 valence electrons. The maximum absolute atomic E-state index is 14.4. The minimum atomic E-state index is -4.76. The third-order valence-corrected chi connectivity index (χ3v) is 18.3. The molecule has 10 rings (SSSR count). The highest BCUT2D eigenvalue weighted by atomic mass is 35.5. The van der Waals surface area contributed by atoms with Crippen molar-refractivity contribution in [3.63, 3.8) is 0 Å². The topological polar surface area (TPSA) is 172 Å². The van der Waals surface area contributed by atoms with Crippen LogP contribution in [0.2, 0.25) is 20.1 Å². The lowest BCUT2D eigenvalue weighted by Gasteiger charge is -2.40. The van der Waals surface area contributed by atoms with Crippen molar-refractivity contribution in [1.29, 1.82) is 5.26 Å². The fourth-order valence-electron chi connectivity index (χ4n) is 12.6. The van der Waals surface area contributed by atoms with Crippen LogP contribution in [0.25, 0.3) is 33.5 Å². The monoisotopic (exact) mass is 1140 g/mol.